The van der Waals surface area contributed by atoms with Crippen LogP contribution in [0.2, 0.25) is 0 Å². The van der Waals surface area contributed by atoms with Crippen LogP contribution in [0.15, 0.2) is 36.4 Å². The first kappa shape index (κ1) is 16.4. The summed E-state index contributed by atoms with van der Waals surface area (Å²) in [7, 11) is 0. The summed E-state index contributed by atoms with van der Waals surface area (Å²) in [5.74, 6) is 1.01. The Morgan fingerprint density at radius 2 is 1.55 bits per heavy atom. The van der Waals surface area contributed by atoms with Crippen molar-refractivity contribution in [1.29, 1.82) is 0 Å². The van der Waals surface area contributed by atoms with Crippen molar-refractivity contribution in [1.82, 2.24) is 0 Å². The highest BCUT2D eigenvalue weighted by molar-refractivity contribution is 5.57. The van der Waals surface area contributed by atoms with E-state index in [-0.39, 0.29) is 6.10 Å². The number of nitrogens with one attached hydrogen (secondary N) is 1. The average Bonchev–Trinajstić information content (AvgIpc) is 2.49. The Morgan fingerprint density at radius 1 is 0.955 bits per heavy atom. The molecule has 0 aromatic heterocycles. The van der Waals surface area contributed by atoms with E-state index in [0.717, 1.165) is 18.7 Å². The van der Waals surface area contributed by atoms with Crippen LogP contribution in [0.5, 0.6) is 5.75 Å². The van der Waals surface area contributed by atoms with Gasteiger partial charge in [0, 0.05) is 5.69 Å². The molecule has 1 atom stereocenters. The molecule has 2 nitrogen and oxygen atoms in total. The number of anilines is 1. The van der Waals surface area contributed by atoms with Crippen LogP contribution >= 0.6 is 0 Å². The zero-order chi connectivity index (χ0) is 16.1. The third kappa shape index (κ3) is 3.82. The third-order valence-corrected chi connectivity index (χ3v) is 4.03. The second-order valence-corrected chi connectivity index (χ2v) is 5.99. The molecule has 0 aliphatic rings. The van der Waals surface area contributed by atoms with Gasteiger partial charge in [0.2, 0.25) is 0 Å². The van der Waals surface area contributed by atoms with Gasteiger partial charge < -0.3 is 10.1 Å². The van der Waals surface area contributed by atoms with E-state index in [2.05, 4.69) is 76.3 Å². The Labute approximate surface area is 134 Å². The molecule has 22 heavy (non-hydrogen) atoms. The van der Waals surface area contributed by atoms with Gasteiger partial charge in [-0.25, -0.2) is 0 Å². The number of ether oxygens (including phenoxy) is 1. The van der Waals surface area contributed by atoms with Crippen molar-refractivity contribution in [3.05, 3.63) is 58.7 Å². The zero-order valence-corrected chi connectivity index (χ0v) is 14.4. The summed E-state index contributed by atoms with van der Waals surface area (Å²) in [6.07, 6.45) is 1.15. The fraction of sp³-hybridized carbons (Fsp3) is 0.400. The number of hydrogen-bond donors (Lipinski definition) is 1. The van der Waals surface area contributed by atoms with Crippen LogP contribution in [0.1, 0.15) is 36.1 Å². The number of benzene rings is 2. The first-order chi connectivity index (χ1) is 10.5. The second-order valence-electron chi connectivity index (χ2n) is 5.99. The predicted molar refractivity (Wildman–Crippen MR) is 95.1 cm³/mol. The quantitative estimate of drug-likeness (QED) is 0.805. The highest BCUT2D eigenvalue weighted by Crippen LogP contribution is 2.24. The van der Waals surface area contributed by atoms with E-state index < -0.39 is 0 Å². The van der Waals surface area contributed by atoms with E-state index in [9.17, 15) is 0 Å². The molecule has 0 unspecified atom stereocenters. The van der Waals surface area contributed by atoms with Crippen LogP contribution in [0.25, 0.3) is 0 Å². The molecular weight excluding hydrogens is 270 g/mol. The molecule has 2 heteroatoms. The normalized spacial score (nSPS) is 12.0. The smallest absolute Gasteiger partial charge is 0.125 e. The molecule has 118 valence electrons. The van der Waals surface area contributed by atoms with Crippen LogP contribution in [-0.4, -0.2) is 12.6 Å². The maximum Gasteiger partial charge on any atom is 0.125 e. The van der Waals surface area contributed by atoms with E-state index in [1.807, 2.05) is 0 Å². The number of hydrogen-bond acceptors (Lipinski definition) is 2. The van der Waals surface area contributed by atoms with E-state index in [4.69, 9.17) is 4.74 Å². The molecule has 2 aromatic rings. The summed E-state index contributed by atoms with van der Waals surface area (Å²) in [6, 6.07) is 12.7. The molecule has 0 saturated carbocycles. The standard InChI is InChI=1S/C20H27NO/c1-6-18-12-8-9-14(2)19(18)21-13-17(5)22-20-15(3)10-7-11-16(20)4/h7-12,17,21H,6,13H2,1-5H3/t17-/m0/s1. The summed E-state index contributed by atoms with van der Waals surface area (Å²) in [5, 5.41) is 3.57. The Hall–Kier alpha value is -1.96. The number of aryl methyl sites for hydroxylation is 4. The van der Waals surface area contributed by atoms with Crippen molar-refractivity contribution in [2.45, 2.75) is 47.1 Å². The second kappa shape index (κ2) is 7.35. The molecule has 1 N–H and O–H groups in total. The maximum atomic E-state index is 6.15. The summed E-state index contributed by atoms with van der Waals surface area (Å²) in [6.45, 7) is 11.4. The Bertz CT molecular complexity index is 613. The first-order valence-corrected chi connectivity index (χ1v) is 8.08. The van der Waals surface area contributed by atoms with Crippen LogP contribution in [0.4, 0.5) is 5.69 Å². The Morgan fingerprint density at radius 3 is 2.18 bits per heavy atom. The van der Waals surface area contributed by atoms with Crippen LogP contribution in [0.3, 0.4) is 0 Å². The van der Waals surface area contributed by atoms with Crippen molar-refractivity contribution in [3.63, 3.8) is 0 Å². The van der Waals surface area contributed by atoms with Gasteiger partial charge in [0.1, 0.15) is 11.9 Å². The van der Waals surface area contributed by atoms with Gasteiger partial charge >= 0.3 is 0 Å². The maximum absolute atomic E-state index is 6.15. The lowest BCUT2D eigenvalue weighted by Gasteiger charge is -2.21. The molecule has 2 aromatic carbocycles. The summed E-state index contributed by atoms with van der Waals surface area (Å²) >= 11 is 0. The van der Waals surface area contributed by atoms with Gasteiger partial charge in [-0.05, 0) is 56.4 Å². The third-order valence-electron chi connectivity index (χ3n) is 4.03. The summed E-state index contributed by atoms with van der Waals surface area (Å²) in [4.78, 5) is 0. The van der Waals surface area contributed by atoms with Crippen molar-refractivity contribution in [2.75, 3.05) is 11.9 Å². The minimum atomic E-state index is 0.115. The van der Waals surface area contributed by atoms with E-state index >= 15 is 0 Å². The highest BCUT2D eigenvalue weighted by atomic mass is 16.5. The topological polar surface area (TPSA) is 21.3 Å². The van der Waals surface area contributed by atoms with Gasteiger partial charge in [-0.2, -0.15) is 0 Å². The lowest BCUT2D eigenvalue weighted by molar-refractivity contribution is 0.231. The summed E-state index contributed by atoms with van der Waals surface area (Å²) < 4.78 is 6.15. The molecule has 0 aliphatic heterocycles. The molecule has 2 rings (SSSR count). The molecule has 0 heterocycles. The molecule has 0 radical (unpaired) electrons. The van der Waals surface area contributed by atoms with Crippen molar-refractivity contribution >= 4 is 5.69 Å². The Kier molecular flexibility index (Phi) is 5.48. The predicted octanol–water partition coefficient (Wildman–Crippen LogP) is 5.05. The largest absolute Gasteiger partial charge is 0.488 e. The van der Waals surface area contributed by atoms with E-state index in [1.165, 1.54) is 27.9 Å². The van der Waals surface area contributed by atoms with Gasteiger partial charge in [-0.1, -0.05) is 43.3 Å². The molecule has 0 spiro atoms. The summed E-state index contributed by atoms with van der Waals surface area (Å²) in [5.41, 5.74) is 6.29. The molecule has 0 amide bonds. The fourth-order valence-corrected chi connectivity index (χ4v) is 2.75. The van der Waals surface area contributed by atoms with Gasteiger partial charge in [-0.15, -0.1) is 0 Å². The van der Waals surface area contributed by atoms with Crippen molar-refractivity contribution in [2.24, 2.45) is 0 Å². The molecule has 0 fully saturated rings. The van der Waals surface area contributed by atoms with Crippen LogP contribution in [0, 0.1) is 20.8 Å². The fourth-order valence-electron chi connectivity index (χ4n) is 2.75. The molecule has 0 saturated heterocycles. The minimum Gasteiger partial charge on any atom is -0.488 e. The monoisotopic (exact) mass is 297 g/mol. The van der Waals surface area contributed by atoms with Gasteiger partial charge in [0.05, 0.1) is 6.54 Å². The van der Waals surface area contributed by atoms with Gasteiger partial charge in [0.25, 0.3) is 0 Å². The average molecular weight is 297 g/mol. The van der Waals surface area contributed by atoms with Crippen LogP contribution < -0.4 is 10.1 Å². The molecular formula is C20H27NO. The SMILES string of the molecule is CCc1cccc(C)c1NC[C@H](C)Oc1c(C)cccc1C. The molecule has 0 bridgehead atoms. The van der Waals surface area contributed by atoms with E-state index in [0.29, 0.717) is 0 Å². The number of rotatable bonds is 6. The lowest BCUT2D eigenvalue weighted by atomic mass is 10.1. The van der Waals surface area contributed by atoms with Gasteiger partial charge in [-0.3, -0.25) is 0 Å². The first-order valence-electron chi connectivity index (χ1n) is 8.08. The minimum absolute atomic E-state index is 0.115. The van der Waals surface area contributed by atoms with Crippen LogP contribution in [-0.2, 0) is 6.42 Å². The van der Waals surface area contributed by atoms with Crippen molar-refractivity contribution in [3.8, 4) is 5.75 Å². The number of para-hydroxylation sites is 2. The van der Waals surface area contributed by atoms with Gasteiger partial charge in [0.15, 0.2) is 0 Å². The molecule has 0 aliphatic carbocycles. The highest BCUT2D eigenvalue weighted by Gasteiger charge is 2.10. The zero-order valence-electron chi connectivity index (χ0n) is 14.4. The van der Waals surface area contributed by atoms with Crippen molar-refractivity contribution < 1.29 is 4.74 Å². The Balaban J connectivity index is 2.03. The lowest BCUT2D eigenvalue weighted by Crippen LogP contribution is -2.24. The van der Waals surface area contributed by atoms with E-state index in [1.54, 1.807) is 0 Å².